The lowest BCUT2D eigenvalue weighted by atomic mass is 10.0. The average molecular weight is 348 g/mol. The van der Waals surface area contributed by atoms with Crippen LogP contribution < -0.4 is 4.90 Å². The number of anilines is 1. The van der Waals surface area contributed by atoms with Gasteiger partial charge in [0.1, 0.15) is 11.4 Å². The highest BCUT2D eigenvalue weighted by Gasteiger charge is 2.43. The lowest BCUT2D eigenvalue weighted by Crippen LogP contribution is -2.37. The summed E-state index contributed by atoms with van der Waals surface area (Å²) in [6, 6.07) is 0. The van der Waals surface area contributed by atoms with Crippen LogP contribution >= 0.6 is 0 Å². The van der Waals surface area contributed by atoms with E-state index in [9.17, 15) is 9.59 Å². The van der Waals surface area contributed by atoms with Crippen LogP contribution in [0.4, 0.5) is 10.6 Å². The molecule has 3 rings (SSSR count). The minimum Gasteiger partial charge on any atom is -0.464 e. The SMILES string of the molecule is COC(=O)c1cncc(N2CC3CN(C(=O)OC(C)(C)C)CC3C2)n1. The predicted molar refractivity (Wildman–Crippen MR) is 90.4 cm³/mol. The third kappa shape index (κ3) is 3.83. The Bertz CT molecular complexity index is 659. The zero-order chi connectivity index (χ0) is 18.2. The van der Waals surface area contributed by atoms with Crippen LogP contribution in [0.3, 0.4) is 0 Å². The van der Waals surface area contributed by atoms with Gasteiger partial charge in [0, 0.05) is 38.0 Å². The third-order valence-corrected chi connectivity index (χ3v) is 4.48. The van der Waals surface area contributed by atoms with Crippen molar-refractivity contribution >= 4 is 17.9 Å². The van der Waals surface area contributed by atoms with Gasteiger partial charge in [0.15, 0.2) is 5.69 Å². The number of fused-ring (bicyclic) bond motifs is 1. The van der Waals surface area contributed by atoms with Crippen molar-refractivity contribution in [3.05, 3.63) is 18.1 Å². The zero-order valence-electron chi connectivity index (χ0n) is 15.1. The number of rotatable bonds is 2. The van der Waals surface area contributed by atoms with Crippen molar-refractivity contribution in [3.63, 3.8) is 0 Å². The lowest BCUT2D eigenvalue weighted by molar-refractivity contribution is 0.0282. The number of hydrogen-bond donors (Lipinski definition) is 0. The van der Waals surface area contributed by atoms with E-state index < -0.39 is 11.6 Å². The molecule has 0 aromatic carbocycles. The number of methoxy groups -OCH3 is 1. The Morgan fingerprint density at radius 2 is 1.76 bits per heavy atom. The second kappa shape index (κ2) is 6.50. The number of aromatic nitrogens is 2. The highest BCUT2D eigenvalue weighted by Crippen LogP contribution is 2.33. The molecule has 2 aliphatic heterocycles. The minimum absolute atomic E-state index is 0.201. The first-order valence-electron chi connectivity index (χ1n) is 8.40. The van der Waals surface area contributed by atoms with Crippen molar-refractivity contribution in [1.29, 1.82) is 0 Å². The van der Waals surface area contributed by atoms with Crippen LogP contribution in [-0.2, 0) is 9.47 Å². The second-order valence-electron chi connectivity index (χ2n) is 7.56. The van der Waals surface area contributed by atoms with E-state index in [1.807, 2.05) is 20.8 Å². The average Bonchev–Trinajstić information content (AvgIpc) is 3.11. The second-order valence-corrected chi connectivity index (χ2v) is 7.56. The van der Waals surface area contributed by atoms with Gasteiger partial charge in [0.05, 0.1) is 19.5 Å². The van der Waals surface area contributed by atoms with Gasteiger partial charge in [-0.1, -0.05) is 0 Å². The molecule has 8 nitrogen and oxygen atoms in total. The van der Waals surface area contributed by atoms with E-state index >= 15 is 0 Å². The summed E-state index contributed by atoms with van der Waals surface area (Å²) in [5.74, 6) is 0.915. The maximum atomic E-state index is 12.2. The number of carbonyl (C=O) groups excluding carboxylic acids is 2. The van der Waals surface area contributed by atoms with E-state index in [0.717, 1.165) is 13.1 Å². The first-order valence-corrected chi connectivity index (χ1v) is 8.40. The Morgan fingerprint density at radius 3 is 2.32 bits per heavy atom. The fraction of sp³-hybridized carbons (Fsp3) is 0.647. The number of carbonyl (C=O) groups is 2. The molecule has 2 aliphatic rings. The van der Waals surface area contributed by atoms with Crippen molar-refractivity contribution in [2.45, 2.75) is 26.4 Å². The highest BCUT2D eigenvalue weighted by molar-refractivity contribution is 5.87. The third-order valence-electron chi connectivity index (χ3n) is 4.48. The van der Waals surface area contributed by atoms with Crippen molar-refractivity contribution in [1.82, 2.24) is 14.9 Å². The molecule has 0 saturated carbocycles. The molecule has 0 bridgehead atoms. The molecule has 1 aromatic rings. The number of ether oxygens (including phenoxy) is 2. The molecular formula is C17H24N4O4. The topological polar surface area (TPSA) is 84.9 Å². The van der Waals surface area contributed by atoms with Crippen LogP contribution in [0.2, 0.25) is 0 Å². The lowest BCUT2D eigenvalue weighted by Gasteiger charge is -2.26. The van der Waals surface area contributed by atoms with Gasteiger partial charge in [0.2, 0.25) is 0 Å². The van der Waals surface area contributed by atoms with Crippen molar-refractivity contribution < 1.29 is 19.1 Å². The molecule has 2 atom stereocenters. The minimum atomic E-state index is -0.496. The van der Waals surface area contributed by atoms with Gasteiger partial charge in [-0.2, -0.15) is 0 Å². The Labute approximate surface area is 147 Å². The summed E-state index contributed by atoms with van der Waals surface area (Å²) in [6.45, 7) is 8.54. The fourth-order valence-electron chi connectivity index (χ4n) is 3.37. The summed E-state index contributed by atoms with van der Waals surface area (Å²) >= 11 is 0. The molecule has 1 aromatic heterocycles. The quantitative estimate of drug-likeness (QED) is 0.750. The molecular weight excluding hydrogens is 324 g/mol. The van der Waals surface area contributed by atoms with Crippen LogP contribution in [-0.4, -0.2) is 65.8 Å². The van der Waals surface area contributed by atoms with E-state index in [1.54, 1.807) is 11.1 Å². The van der Waals surface area contributed by atoms with Crippen molar-refractivity contribution in [3.8, 4) is 0 Å². The van der Waals surface area contributed by atoms with E-state index in [-0.39, 0.29) is 11.8 Å². The Morgan fingerprint density at radius 1 is 1.12 bits per heavy atom. The van der Waals surface area contributed by atoms with E-state index in [4.69, 9.17) is 9.47 Å². The van der Waals surface area contributed by atoms with E-state index in [0.29, 0.717) is 30.7 Å². The monoisotopic (exact) mass is 348 g/mol. The van der Waals surface area contributed by atoms with Gasteiger partial charge >= 0.3 is 12.1 Å². The molecule has 136 valence electrons. The van der Waals surface area contributed by atoms with Gasteiger partial charge < -0.3 is 19.3 Å². The fourth-order valence-corrected chi connectivity index (χ4v) is 3.37. The summed E-state index contributed by atoms with van der Waals surface area (Å²) < 4.78 is 10.1. The highest BCUT2D eigenvalue weighted by atomic mass is 16.6. The zero-order valence-corrected chi connectivity index (χ0v) is 15.1. The van der Waals surface area contributed by atoms with E-state index in [2.05, 4.69) is 14.9 Å². The Kier molecular flexibility index (Phi) is 4.53. The van der Waals surface area contributed by atoms with E-state index in [1.165, 1.54) is 13.3 Å². The summed E-state index contributed by atoms with van der Waals surface area (Å²) in [7, 11) is 1.32. The molecule has 25 heavy (non-hydrogen) atoms. The first-order chi connectivity index (χ1) is 11.8. The standard InChI is InChI=1S/C17H24N4O4/c1-17(2,3)25-16(23)21-9-11-7-20(8-12(11)10-21)14-6-18-5-13(19-14)15(22)24-4/h5-6,11-12H,7-10H2,1-4H3. The largest absolute Gasteiger partial charge is 0.464 e. The molecule has 0 spiro atoms. The van der Waals surface area contributed by atoms with Crippen LogP contribution in [0.25, 0.3) is 0 Å². The van der Waals surface area contributed by atoms with Gasteiger partial charge in [0.25, 0.3) is 0 Å². The summed E-state index contributed by atoms with van der Waals surface area (Å²) in [5.41, 5.74) is -0.280. The summed E-state index contributed by atoms with van der Waals surface area (Å²) in [6.07, 6.45) is 2.80. The van der Waals surface area contributed by atoms with Crippen LogP contribution in [0.1, 0.15) is 31.3 Å². The van der Waals surface area contributed by atoms with Crippen LogP contribution in [0.15, 0.2) is 12.4 Å². The number of likely N-dealkylation sites (tertiary alicyclic amines) is 1. The molecule has 2 saturated heterocycles. The maximum absolute atomic E-state index is 12.2. The molecule has 2 unspecified atom stereocenters. The van der Waals surface area contributed by atoms with Crippen molar-refractivity contribution in [2.24, 2.45) is 11.8 Å². The Balaban J connectivity index is 1.62. The maximum Gasteiger partial charge on any atom is 0.410 e. The van der Waals surface area contributed by atoms with Gasteiger partial charge in [-0.3, -0.25) is 4.98 Å². The number of esters is 1. The molecule has 0 aliphatic carbocycles. The first kappa shape index (κ1) is 17.4. The van der Waals surface area contributed by atoms with Gasteiger partial charge in [-0.05, 0) is 20.8 Å². The predicted octanol–water partition coefficient (Wildman–Crippen LogP) is 1.57. The molecule has 0 radical (unpaired) electrons. The number of hydrogen-bond acceptors (Lipinski definition) is 7. The molecule has 1 amide bonds. The molecule has 8 heteroatoms. The summed E-state index contributed by atoms with van der Waals surface area (Å²) in [4.78, 5) is 36.1. The summed E-state index contributed by atoms with van der Waals surface area (Å²) in [5, 5.41) is 0. The van der Waals surface area contributed by atoms with Crippen LogP contribution in [0, 0.1) is 11.8 Å². The van der Waals surface area contributed by atoms with Gasteiger partial charge in [-0.15, -0.1) is 0 Å². The molecule has 0 N–H and O–H groups in total. The van der Waals surface area contributed by atoms with Crippen molar-refractivity contribution in [2.75, 3.05) is 38.2 Å². The smallest absolute Gasteiger partial charge is 0.410 e. The number of amides is 1. The van der Waals surface area contributed by atoms with Crippen LogP contribution in [0.5, 0.6) is 0 Å². The molecule has 2 fully saturated rings. The van der Waals surface area contributed by atoms with Gasteiger partial charge in [-0.25, -0.2) is 14.6 Å². The molecule has 3 heterocycles. The normalized spacial score (nSPS) is 22.7. The number of nitrogens with zero attached hydrogens (tertiary/aromatic N) is 4. The Hall–Kier alpha value is -2.38.